The number of azo groups is 1. The van der Waals surface area contributed by atoms with Crippen LogP contribution in [-0.2, 0) is 0 Å². The van der Waals surface area contributed by atoms with E-state index in [4.69, 9.17) is 12.2 Å². The lowest BCUT2D eigenvalue weighted by Crippen LogP contribution is -2.06. The number of aromatic hydroxyl groups is 1. The Morgan fingerprint density at radius 1 is 1.04 bits per heavy atom. The minimum Gasteiger partial charge on any atom is -0.493 e. The van der Waals surface area contributed by atoms with Gasteiger partial charge in [-0.05, 0) is 29.4 Å². The summed E-state index contributed by atoms with van der Waals surface area (Å²) in [7, 11) is 0. The maximum Gasteiger partial charge on any atom is 0.297 e. The third-order valence-electron chi connectivity index (χ3n) is 3.44. The Morgan fingerprint density at radius 3 is 2.42 bits per heavy atom. The zero-order chi connectivity index (χ0) is 18.7. The molecule has 9 nitrogen and oxygen atoms in total. The van der Waals surface area contributed by atoms with Crippen LogP contribution >= 0.6 is 12.2 Å². The normalized spacial score (nSPS) is 10.9. The van der Waals surface area contributed by atoms with Gasteiger partial charge >= 0.3 is 0 Å². The fraction of sp³-hybridized carbons (Fsp3) is 0. The van der Waals surface area contributed by atoms with Crippen LogP contribution in [0.4, 0.5) is 17.1 Å². The van der Waals surface area contributed by atoms with Gasteiger partial charge in [-0.15, -0.1) is 10.2 Å². The second-order valence-electron chi connectivity index (χ2n) is 5.13. The summed E-state index contributed by atoms with van der Waals surface area (Å²) in [5.74, 6) is -0.578. The number of benzene rings is 2. The average molecular weight is 369 g/mol. The highest BCUT2D eigenvalue weighted by Crippen LogP contribution is 2.33. The lowest BCUT2D eigenvalue weighted by molar-refractivity contribution is -0.384. The quantitative estimate of drug-likeness (QED) is 0.275. The van der Waals surface area contributed by atoms with Crippen LogP contribution in [0.5, 0.6) is 5.88 Å². The van der Waals surface area contributed by atoms with E-state index in [1.165, 1.54) is 12.1 Å². The summed E-state index contributed by atoms with van der Waals surface area (Å²) >= 11 is 4.71. The van der Waals surface area contributed by atoms with Gasteiger partial charge in [0.2, 0.25) is 11.6 Å². The van der Waals surface area contributed by atoms with Gasteiger partial charge in [0.05, 0.1) is 4.92 Å². The molecule has 0 bridgehead atoms. The molecule has 0 atom stereocenters. The van der Waals surface area contributed by atoms with E-state index in [0.717, 1.165) is 5.56 Å². The smallest absolute Gasteiger partial charge is 0.297 e. The molecule has 0 unspecified atom stereocenters. The van der Waals surface area contributed by atoms with Crippen molar-refractivity contribution in [2.75, 3.05) is 0 Å². The molecule has 2 aromatic carbocycles. The molecule has 0 amide bonds. The first kappa shape index (κ1) is 17.2. The van der Waals surface area contributed by atoms with Gasteiger partial charge in [-0.3, -0.25) is 19.9 Å². The Balaban J connectivity index is 2.05. The van der Waals surface area contributed by atoms with Crippen LogP contribution in [0.2, 0.25) is 0 Å². The first-order valence-corrected chi connectivity index (χ1v) is 7.67. The van der Waals surface area contributed by atoms with Crippen molar-refractivity contribution in [1.82, 2.24) is 9.97 Å². The van der Waals surface area contributed by atoms with E-state index in [1.807, 2.05) is 30.3 Å². The van der Waals surface area contributed by atoms with Crippen molar-refractivity contribution in [3.63, 3.8) is 0 Å². The second kappa shape index (κ2) is 7.07. The van der Waals surface area contributed by atoms with Crippen LogP contribution in [0, 0.1) is 14.9 Å². The molecule has 1 aromatic heterocycles. The molecule has 0 saturated carbocycles. The highest BCUT2D eigenvalue weighted by Gasteiger charge is 2.16. The van der Waals surface area contributed by atoms with E-state index >= 15 is 0 Å². The van der Waals surface area contributed by atoms with Crippen molar-refractivity contribution in [2.45, 2.75) is 0 Å². The summed E-state index contributed by atoms with van der Waals surface area (Å²) in [6, 6.07) is 13.6. The Bertz CT molecular complexity index is 1120. The van der Waals surface area contributed by atoms with Crippen LogP contribution < -0.4 is 5.56 Å². The van der Waals surface area contributed by atoms with Crippen molar-refractivity contribution in [3.8, 4) is 17.0 Å². The SMILES string of the molecule is O=c1[nH]c(=S)[nH]c(O)c1N=Nc1ccc(-c2ccccc2)cc1[N+](=O)[O-]. The van der Waals surface area contributed by atoms with E-state index in [1.54, 1.807) is 6.07 Å². The second-order valence-corrected chi connectivity index (χ2v) is 5.54. The number of rotatable bonds is 4. The summed E-state index contributed by atoms with van der Waals surface area (Å²) in [6.45, 7) is 0. The number of hydrogen-bond donors (Lipinski definition) is 3. The molecule has 26 heavy (non-hydrogen) atoms. The summed E-state index contributed by atoms with van der Waals surface area (Å²) in [4.78, 5) is 27.1. The lowest BCUT2D eigenvalue weighted by Gasteiger charge is -2.03. The predicted molar refractivity (Wildman–Crippen MR) is 96.6 cm³/mol. The van der Waals surface area contributed by atoms with Crippen molar-refractivity contribution < 1.29 is 10.0 Å². The van der Waals surface area contributed by atoms with Crippen LogP contribution in [0.15, 0.2) is 63.6 Å². The molecule has 0 aliphatic heterocycles. The maximum atomic E-state index is 11.8. The molecule has 130 valence electrons. The van der Waals surface area contributed by atoms with Gasteiger partial charge in [-0.25, -0.2) is 0 Å². The number of aromatic amines is 2. The first-order chi connectivity index (χ1) is 12.5. The Kier molecular flexibility index (Phi) is 4.67. The molecule has 0 aliphatic carbocycles. The number of nitrogens with zero attached hydrogens (tertiary/aromatic N) is 3. The number of H-pyrrole nitrogens is 2. The fourth-order valence-corrected chi connectivity index (χ4v) is 2.42. The van der Waals surface area contributed by atoms with E-state index in [9.17, 15) is 20.0 Å². The van der Waals surface area contributed by atoms with Crippen molar-refractivity contribution in [1.29, 1.82) is 0 Å². The number of nitrogens with one attached hydrogen (secondary N) is 2. The van der Waals surface area contributed by atoms with Crippen molar-refractivity contribution >= 4 is 29.3 Å². The van der Waals surface area contributed by atoms with Gasteiger partial charge in [-0.1, -0.05) is 36.4 Å². The van der Waals surface area contributed by atoms with E-state index in [-0.39, 0.29) is 16.1 Å². The highest BCUT2D eigenvalue weighted by molar-refractivity contribution is 7.71. The molecule has 10 heteroatoms. The molecule has 3 aromatic rings. The monoisotopic (exact) mass is 369 g/mol. The predicted octanol–water partition coefficient (Wildman–Crippen LogP) is 4.13. The van der Waals surface area contributed by atoms with Gasteiger partial charge in [0.15, 0.2) is 10.5 Å². The standard InChI is InChI=1S/C16H11N5O4S/c22-14-13(15(23)18-16(26)17-14)20-19-11-7-6-10(8-12(11)21(24)25)9-4-2-1-3-5-9/h1-8H,(H3,17,18,22,23,26). The highest BCUT2D eigenvalue weighted by atomic mass is 32.1. The molecule has 1 heterocycles. The van der Waals surface area contributed by atoms with E-state index < -0.39 is 22.0 Å². The van der Waals surface area contributed by atoms with Crippen LogP contribution in [-0.4, -0.2) is 20.0 Å². The van der Waals surface area contributed by atoms with Gasteiger partial charge in [0.25, 0.3) is 11.2 Å². The zero-order valence-corrected chi connectivity index (χ0v) is 13.9. The third kappa shape index (κ3) is 3.54. The van der Waals surface area contributed by atoms with Gasteiger partial charge < -0.3 is 10.1 Å². The van der Waals surface area contributed by atoms with E-state index in [2.05, 4.69) is 20.2 Å². The molecule has 0 radical (unpaired) electrons. The summed E-state index contributed by atoms with van der Waals surface area (Å²) < 4.78 is -0.0790. The number of nitro benzene ring substituents is 1. The average Bonchev–Trinajstić information content (AvgIpc) is 2.61. The van der Waals surface area contributed by atoms with Crippen LogP contribution in [0.1, 0.15) is 0 Å². The third-order valence-corrected chi connectivity index (χ3v) is 3.64. The fourth-order valence-electron chi connectivity index (χ4n) is 2.23. The minimum absolute atomic E-state index is 0.0593. The molecule has 3 N–H and O–H groups in total. The number of aromatic nitrogens is 2. The maximum absolute atomic E-state index is 11.8. The van der Waals surface area contributed by atoms with Crippen molar-refractivity contribution in [2.24, 2.45) is 10.2 Å². The molecule has 0 spiro atoms. The van der Waals surface area contributed by atoms with Gasteiger partial charge in [0, 0.05) is 6.07 Å². The summed E-state index contributed by atoms with van der Waals surface area (Å²) in [5.41, 5.74) is -0.0889. The van der Waals surface area contributed by atoms with E-state index in [0.29, 0.717) is 5.56 Å². The lowest BCUT2D eigenvalue weighted by atomic mass is 10.0. The molecule has 0 saturated heterocycles. The Hall–Kier alpha value is -3.66. The number of hydrogen-bond acceptors (Lipinski definition) is 7. The number of nitro groups is 1. The Labute approximate surface area is 150 Å². The molecule has 0 fully saturated rings. The molecule has 0 aliphatic rings. The summed E-state index contributed by atoms with van der Waals surface area (Å²) in [6.07, 6.45) is 0. The molecule has 3 rings (SSSR count). The molecular weight excluding hydrogens is 358 g/mol. The van der Waals surface area contributed by atoms with Gasteiger partial charge in [0.1, 0.15) is 0 Å². The molecular formula is C16H11N5O4S. The summed E-state index contributed by atoms with van der Waals surface area (Å²) in [5, 5.41) is 28.4. The topological polar surface area (TPSA) is 137 Å². The van der Waals surface area contributed by atoms with Crippen LogP contribution in [0.25, 0.3) is 11.1 Å². The Morgan fingerprint density at radius 2 is 1.77 bits per heavy atom. The first-order valence-electron chi connectivity index (χ1n) is 7.27. The van der Waals surface area contributed by atoms with Crippen LogP contribution in [0.3, 0.4) is 0 Å². The largest absolute Gasteiger partial charge is 0.493 e. The minimum atomic E-state index is -0.765. The van der Waals surface area contributed by atoms with Gasteiger partial charge in [-0.2, -0.15) is 0 Å². The van der Waals surface area contributed by atoms with Crippen molar-refractivity contribution in [3.05, 3.63) is 73.8 Å². The zero-order valence-electron chi connectivity index (χ0n) is 13.0.